The number of nitrogens with zero attached hydrogens (tertiary/aromatic N) is 2. The minimum Gasteiger partial charge on any atom is -0.363 e. The molecule has 1 aromatic carbocycles. The highest BCUT2D eigenvalue weighted by molar-refractivity contribution is 5.39. The molecular formula is C15H18FN3. The molecule has 1 unspecified atom stereocenters. The maximum absolute atomic E-state index is 13.6. The topological polar surface area (TPSA) is 37.8 Å². The summed E-state index contributed by atoms with van der Waals surface area (Å²) >= 11 is 0. The first-order chi connectivity index (χ1) is 8.95. The molecule has 2 rings (SSSR count). The summed E-state index contributed by atoms with van der Waals surface area (Å²) in [4.78, 5) is 8.55. The maximum atomic E-state index is 13.6. The fourth-order valence-electron chi connectivity index (χ4n) is 1.97. The Kier molecular flexibility index (Phi) is 3.79. The van der Waals surface area contributed by atoms with Crippen molar-refractivity contribution in [1.29, 1.82) is 0 Å². The fourth-order valence-corrected chi connectivity index (χ4v) is 1.97. The Labute approximate surface area is 112 Å². The third-order valence-corrected chi connectivity index (χ3v) is 3.03. The first-order valence-corrected chi connectivity index (χ1v) is 6.30. The maximum Gasteiger partial charge on any atom is 0.130 e. The first-order valence-electron chi connectivity index (χ1n) is 6.30. The average molecular weight is 259 g/mol. The molecule has 1 aromatic heterocycles. The number of hydrogen-bond acceptors (Lipinski definition) is 3. The van der Waals surface area contributed by atoms with E-state index >= 15 is 0 Å². The molecule has 0 aliphatic rings. The van der Waals surface area contributed by atoms with Gasteiger partial charge in [0.05, 0.1) is 6.04 Å². The van der Waals surface area contributed by atoms with Gasteiger partial charge in [0.15, 0.2) is 0 Å². The van der Waals surface area contributed by atoms with E-state index in [4.69, 9.17) is 0 Å². The van der Waals surface area contributed by atoms with Crippen LogP contribution in [0.15, 0.2) is 24.3 Å². The lowest BCUT2D eigenvalue weighted by atomic mass is 10.1. The molecule has 19 heavy (non-hydrogen) atoms. The third-order valence-electron chi connectivity index (χ3n) is 3.03. The monoisotopic (exact) mass is 259 g/mol. The van der Waals surface area contributed by atoms with Crippen LogP contribution in [-0.2, 0) is 0 Å². The van der Waals surface area contributed by atoms with Gasteiger partial charge < -0.3 is 5.32 Å². The van der Waals surface area contributed by atoms with E-state index < -0.39 is 0 Å². The summed E-state index contributed by atoms with van der Waals surface area (Å²) in [6.07, 6.45) is 0. The normalized spacial score (nSPS) is 12.3. The zero-order chi connectivity index (χ0) is 14.0. The van der Waals surface area contributed by atoms with Crippen LogP contribution < -0.4 is 5.32 Å². The van der Waals surface area contributed by atoms with Crippen LogP contribution in [0.1, 0.15) is 35.6 Å². The summed E-state index contributed by atoms with van der Waals surface area (Å²) in [7, 11) is 0. The van der Waals surface area contributed by atoms with Crippen molar-refractivity contribution in [3.05, 3.63) is 52.7 Å². The van der Waals surface area contributed by atoms with Crippen molar-refractivity contribution in [2.24, 2.45) is 0 Å². The molecule has 0 aliphatic heterocycles. The van der Waals surface area contributed by atoms with Crippen molar-refractivity contribution in [1.82, 2.24) is 9.97 Å². The van der Waals surface area contributed by atoms with Gasteiger partial charge in [-0.25, -0.2) is 14.4 Å². The smallest absolute Gasteiger partial charge is 0.130 e. The highest BCUT2D eigenvalue weighted by Gasteiger charge is 2.09. The van der Waals surface area contributed by atoms with Gasteiger partial charge in [0.2, 0.25) is 0 Å². The van der Waals surface area contributed by atoms with E-state index in [2.05, 4.69) is 15.3 Å². The number of hydrogen-bond donors (Lipinski definition) is 1. The van der Waals surface area contributed by atoms with Crippen molar-refractivity contribution >= 4 is 5.82 Å². The number of nitrogens with one attached hydrogen (secondary N) is 1. The van der Waals surface area contributed by atoms with Crippen LogP contribution in [0.5, 0.6) is 0 Å². The molecule has 0 spiro atoms. The quantitative estimate of drug-likeness (QED) is 0.913. The van der Waals surface area contributed by atoms with Crippen LogP contribution in [0.2, 0.25) is 0 Å². The molecule has 0 saturated heterocycles. The van der Waals surface area contributed by atoms with Crippen LogP contribution in [0.4, 0.5) is 10.2 Å². The molecule has 0 radical (unpaired) electrons. The summed E-state index contributed by atoms with van der Waals surface area (Å²) in [5.41, 5.74) is 2.47. The predicted octanol–water partition coefficient (Wildman–Crippen LogP) is 3.71. The number of anilines is 1. The van der Waals surface area contributed by atoms with Crippen molar-refractivity contribution in [3.8, 4) is 0 Å². The van der Waals surface area contributed by atoms with Crippen molar-refractivity contribution < 1.29 is 4.39 Å². The summed E-state index contributed by atoms with van der Waals surface area (Å²) < 4.78 is 13.6. The van der Waals surface area contributed by atoms with E-state index in [-0.39, 0.29) is 11.9 Å². The average Bonchev–Trinajstić information content (AvgIpc) is 2.31. The van der Waals surface area contributed by atoms with E-state index in [9.17, 15) is 4.39 Å². The molecular weight excluding hydrogens is 241 g/mol. The molecule has 1 heterocycles. The van der Waals surface area contributed by atoms with Crippen molar-refractivity contribution in [2.45, 2.75) is 33.7 Å². The van der Waals surface area contributed by atoms with Crippen LogP contribution in [0, 0.1) is 26.6 Å². The Morgan fingerprint density at radius 2 is 1.84 bits per heavy atom. The van der Waals surface area contributed by atoms with Gasteiger partial charge in [-0.05, 0) is 44.9 Å². The van der Waals surface area contributed by atoms with Gasteiger partial charge in [-0.2, -0.15) is 0 Å². The third kappa shape index (κ3) is 3.28. The zero-order valence-corrected chi connectivity index (χ0v) is 11.7. The Hall–Kier alpha value is -1.97. The lowest BCUT2D eigenvalue weighted by Crippen LogP contribution is -2.09. The SMILES string of the molecule is Cc1cc(NC(C)c2ccc(C)c(F)c2)nc(C)n1. The Morgan fingerprint density at radius 3 is 2.47 bits per heavy atom. The van der Waals surface area contributed by atoms with Crippen LogP contribution in [0.3, 0.4) is 0 Å². The predicted molar refractivity (Wildman–Crippen MR) is 74.7 cm³/mol. The molecule has 0 bridgehead atoms. The van der Waals surface area contributed by atoms with Gasteiger partial charge in [0.1, 0.15) is 17.5 Å². The van der Waals surface area contributed by atoms with Gasteiger partial charge >= 0.3 is 0 Å². The van der Waals surface area contributed by atoms with Gasteiger partial charge in [-0.3, -0.25) is 0 Å². The van der Waals surface area contributed by atoms with Gasteiger partial charge in [0, 0.05) is 11.8 Å². The van der Waals surface area contributed by atoms with Gasteiger partial charge in [-0.1, -0.05) is 12.1 Å². The molecule has 0 amide bonds. The van der Waals surface area contributed by atoms with E-state index in [1.54, 1.807) is 19.1 Å². The van der Waals surface area contributed by atoms with Gasteiger partial charge in [-0.15, -0.1) is 0 Å². The number of rotatable bonds is 3. The van der Waals surface area contributed by atoms with Crippen molar-refractivity contribution in [3.63, 3.8) is 0 Å². The standard InChI is InChI=1S/C15H18FN3/c1-9-5-6-13(8-14(9)16)11(3)18-15-7-10(2)17-12(4)19-15/h5-8,11H,1-4H3,(H,17,18,19). The summed E-state index contributed by atoms with van der Waals surface area (Å²) in [6, 6.07) is 7.15. The van der Waals surface area contributed by atoms with E-state index in [0.717, 1.165) is 22.9 Å². The Morgan fingerprint density at radius 1 is 1.11 bits per heavy atom. The molecule has 2 aromatic rings. The van der Waals surface area contributed by atoms with Crippen molar-refractivity contribution in [2.75, 3.05) is 5.32 Å². The highest BCUT2D eigenvalue weighted by atomic mass is 19.1. The Bertz CT molecular complexity index is 576. The lowest BCUT2D eigenvalue weighted by molar-refractivity contribution is 0.614. The van der Waals surface area contributed by atoms with Gasteiger partial charge in [0.25, 0.3) is 0 Å². The molecule has 3 nitrogen and oxygen atoms in total. The Balaban J connectivity index is 2.20. The molecule has 0 fully saturated rings. The van der Waals surface area contributed by atoms with Crippen LogP contribution >= 0.6 is 0 Å². The van der Waals surface area contributed by atoms with E-state index in [0.29, 0.717) is 5.56 Å². The number of benzene rings is 1. The summed E-state index contributed by atoms with van der Waals surface area (Å²) in [5.74, 6) is 1.31. The molecule has 0 aliphatic carbocycles. The van der Waals surface area contributed by atoms with Crippen LogP contribution in [0.25, 0.3) is 0 Å². The lowest BCUT2D eigenvalue weighted by Gasteiger charge is -2.16. The molecule has 1 N–H and O–H groups in total. The molecule has 1 atom stereocenters. The first kappa shape index (κ1) is 13.5. The summed E-state index contributed by atoms with van der Waals surface area (Å²) in [5, 5.41) is 3.27. The molecule has 0 saturated carbocycles. The molecule has 100 valence electrons. The fraction of sp³-hybridized carbons (Fsp3) is 0.333. The second-order valence-corrected chi connectivity index (χ2v) is 4.82. The van der Waals surface area contributed by atoms with E-state index in [1.807, 2.05) is 32.9 Å². The number of aryl methyl sites for hydroxylation is 3. The van der Waals surface area contributed by atoms with Crippen LogP contribution in [-0.4, -0.2) is 9.97 Å². The zero-order valence-electron chi connectivity index (χ0n) is 11.7. The minimum atomic E-state index is -0.179. The second kappa shape index (κ2) is 5.34. The molecule has 4 heteroatoms. The number of halogens is 1. The minimum absolute atomic E-state index is 0.0104. The van der Waals surface area contributed by atoms with E-state index in [1.165, 1.54) is 0 Å². The summed E-state index contributed by atoms with van der Waals surface area (Å²) in [6.45, 7) is 7.52. The largest absolute Gasteiger partial charge is 0.363 e. The number of aromatic nitrogens is 2. The highest BCUT2D eigenvalue weighted by Crippen LogP contribution is 2.20. The second-order valence-electron chi connectivity index (χ2n) is 4.82.